The first-order valence-electron chi connectivity index (χ1n) is 10.9. The molecule has 0 saturated heterocycles. The summed E-state index contributed by atoms with van der Waals surface area (Å²) < 4.78 is 9.22. The van der Waals surface area contributed by atoms with Crippen LogP contribution in [0.4, 0.5) is 0 Å². The van der Waals surface area contributed by atoms with Crippen LogP contribution in [0.5, 0.6) is 0 Å². The Morgan fingerprint density at radius 1 is 1.27 bits per heavy atom. The second-order valence-electron chi connectivity index (χ2n) is 7.87. The second-order valence-corrected chi connectivity index (χ2v) is 7.87. The van der Waals surface area contributed by atoms with E-state index in [9.17, 15) is 4.79 Å². The Morgan fingerprint density at radius 3 is 2.87 bits per heavy atom. The molecule has 1 aliphatic heterocycles. The number of nitrogens with one attached hydrogen (secondary N) is 2. The van der Waals surface area contributed by atoms with E-state index in [0.29, 0.717) is 25.7 Å². The van der Waals surface area contributed by atoms with Crippen LogP contribution in [0.1, 0.15) is 37.6 Å². The molecule has 3 rings (SSSR count). The van der Waals surface area contributed by atoms with Crippen molar-refractivity contribution in [2.45, 2.75) is 52.3 Å². The third kappa shape index (κ3) is 6.45. The van der Waals surface area contributed by atoms with Crippen LogP contribution in [-0.2, 0) is 30.9 Å². The molecule has 0 fully saturated rings. The van der Waals surface area contributed by atoms with Gasteiger partial charge in [-0.25, -0.2) is 9.48 Å². The van der Waals surface area contributed by atoms with Gasteiger partial charge in [0.1, 0.15) is 5.82 Å². The zero-order chi connectivity index (χ0) is 21.2. The van der Waals surface area contributed by atoms with Crippen molar-refractivity contribution in [2.24, 2.45) is 10.9 Å². The predicted octanol–water partition coefficient (Wildman–Crippen LogP) is 1.79. The zero-order valence-electron chi connectivity index (χ0n) is 18.1. The first-order chi connectivity index (χ1) is 14.7. The van der Waals surface area contributed by atoms with Crippen LogP contribution in [-0.4, -0.2) is 47.1 Å². The highest BCUT2D eigenvalue weighted by molar-refractivity contribution is 5.79. The van der Waals surface area contributed by atoms with Gasteiger partial charge in [0.05, 0.1) is 13.2 Å². The number of hydrogen-bond acceptors (Lipinski definition) is 4. The highest BCUT2D eigenvalue weighted by atomic mass is 16.5. The maximum atomic E-state index is 12.3. The first kappa shape index (κ1) is 22.1. The Kier molecular flexibility index (Phi) is 8.50. The summed E-state index contributed by atoms with van der Waals surface area (Å²) in [6.45, 7) is 6.40. The SMILES string of the molecule is CN=C(NCCCn1nc2n(c1=O)CCCC2)NCC(C)COCc1ccccc1. The minimum Gasteiger partial charge on any atom is -0.376 e. The molecular weight excluding hydrogens is 380 g/mol. The van der Waals surface area contributed by atoms with Gasteiger partial charge in [0.15, 0.2) is 5.96 Å². The van der Waals surface area contributed by atoms with Gasteiger partial charge in [0, 0.05) is 39.6 Å². The normalized spacial score (nSPS) is 14.9. The van der Waals surface area contributed by atoms with Gasteiger partial charge in [-0.1, -0.05) is 37.3 Å². The standard InChI is InChI=1S/C22H34N6O2/c1-18(16-30-17-19-9-4-3-5-10-19)15-25-21(23-2)24-12-8-14-28-22(29)27-13-7-6-11-20(27)26-28/h3-5,9-10,18H,6-8,11-17H2,1-2H3,(H2,23,24,25). The zero-order valence-corrected chi connectivity index (χ0v) is 18.1. The number of benzene rings is 1. The highest BCUT2D eigenvalue weighted by Gasteiger charge is 2.16. The molecule has 0 aliphatic carbocycles. The molecule has 8 heteroatoms. The van der Waals surface area contributed by atoms with Gasteiger partial charge in [-0.15, -0.1) is 0 Å². The van der Waals surface area contributed by atoms with Crippen LogP contribution in [0, 0.1) is 5.92 Å². The molecule has 0 radical (unpaired) electrons. The van der Waals surface area contributed by atoms with Crippen LogP contribution in [0.25, 0.3) is 0 Å². The average Bonchev–Trinajstić information content (AvgIpc) is 3.10. The summed E-state index contributed by atoms with van der Waals surface area (Å²) in [5, 5.41) is 11.1. The molecule has 8 nitrogen and oxygen atoms in total. The second kappa shape index (κ2) is 11.5. The lowest BCUT2D eigenvalue weighted by Crippen LogP contribution is -2.40. The number of aliphatic imine (C=N–C) groups is 1. The monoisotopic (exact) mass is 414 g/mol. The molecule has 2 N–H and O–H groups in total. The molecule has 0 saturated carbocycles. The lowest BCUT2D eigenvalue weighted by Gasteiger charge is -2.16. The molecule has 164 valence electrons. The van der Waals surface area contributed by atoms with E-state index in [2.05, 4.69) is 39.8 Å². The van der Waals surface area contributed by atoms with Crippen molar-refractivity contribution in [1.29, 1.82) is 0 Å². The Morgan fingerprint density at radius 2 is 2.10 bits per heavy atom. The fraction of sp³-hybridized carbons (Fsp3) is 0.591. The number of ether oxygens (including phenoxy) is 1. The Labute approximate surface area is 178 Å². The maximum absolute atomic E-state index is 12.3. The van der Waals surface area contributed by atoms with Crippen molar-refractivity contribution in [2.75, 3.05) is 26.7 Å². The lowest BCUT2D eigenvalue weighted by atomic mass is 10.2. The molecule has 0 spiro atoms. The van der Waals surface area contributed by atoms with Crippen LogP contribution in [0.15, 0.2) is 40.1 Å². The molecule has 2 heterocycles. The Bertz CT molecular complexity index is 858. The van der Waals surface area contributed by atoms with Gasteiger partial charge in [-0.05, 0) is 30.7 Å². The predicted molar refractivity (Wildman–Crippen MR) is 119 cm³/mol. The molecule has 2 aromatic rings. The molecular formula is C22H34N6O2. The van der Waals surface area contributed by atoms with Gasteiger partial charge in [-0.2, -0.15) is 5.10 Å². The molecule has 1 aromatic carbocycles. The summed E-state index contributed by atoms with van der Waals surface area (Å²) in [5.41, 5.74) is 1.21. The van der Waals surface area contributed by atoms with Crippen molar-refractivity contribution < 1.29 is 4.74 Å². The number of aryl methyl sites for hydroxylation is 2. The van der Waals surface area contributed by atoms with Crippen molar-refractivity contribution in [3.8, 4) is 0 Å². The average molecular weight is 415 g/mol. The number of fused-ring (bicyclic) bond motifs is 1. The lowest BCUT2D eigenvalue weighted by molar-refractivity contribution is 0.0931. The minimum absolute atomic E-state index is 0.0246. The van der Waals surface area contributed by atoms with Crippen LogP contribution in [0.2, 0.25) is 0 Å². The van der Waals surface area contributed by atoms with E-state index in [0.717, 1.165) is 57.1 Å². The summed E-state index contributed by atoms with van der Waals surface area (Å²) in [6.07, 6.45) is 3.91. The number of rotatable bonds is 10. The van der Waals surface area contributed by atoms with Gasteiger partial charge in [0.2, 0.25) is 0 Å². The van der Waals surface area contributed by atoms with E-state index < -0.39 is 0 Å². The van der Waals surface area contributed by atoms with Crippen LogP contribution in [0.3, 0.4) is 0 Å². The fourth-order valence-corrected chi connectivity index (χ4v) is 3.53. The van der Waals surface area contributed by atoms with Crippen molar-refractivity contribution in [3.05, 3.63) is 52.2 Å². The molecule has 1 aromatic heterocycles. The summed E-state index contributed by atoms with van der Waals surface area (Å²) in [4.78, 5) is 16.6. The van der Waals surface area contributed by atoms with Crippen LogP contribution >= 0.6 is 0 Å². The van der Waals surface area contributed by atoms with Crippen molar-refractivity contribution >= 4 is 5.96 Å². The van der Waals surface area contributed by atoms with E-state index in [1.54, 1.807) is 11.7 Å². The summed E-state index contributed by atoms with van der Waals surface area (Å²) in [6, 6.07) is 10.2. The third-order valence-electron chi connectivity index (χ3n) is 5.23. The number of nitrogens with zero attached hydrogens (tertiary/aromatic N) is 4. The number of hydrogen-bond donors (Lipinski definition) is 2. The quantitative estimate of drug-likeness (QED) is 0.352. The number of aromatic nitrogens is 3. The first-order valence-corrected chi connectivity index (χ1v) is 10.9. The summed E-state index contributed by atoms with van der Waals surface area (Å²) >= 11 is 0. The van der Waals surface area contributed by atoms with Gasteiger partial charge >= 0.3 is 5.69 Å². The Hall–Kier alpha value is -2.61. The summed E-state index contributed by atoms with van der Waals surface area (Å²) in [7, 11) is 1.76. The molecule has 30 heavy (non-hydrogen) atoms. The maximum Gasteiger partial charge on any atom is 0.345 e. The van der Waals surface area contributed by atoms with Gasteiger partial charge in [-0.3, -0.25) is 9.56 Å². The molecule has 1 aliphatic rings. The highest BCUT2D eigenvalue weighted by Crippen LogP contribution is 2.09. The molecule has 0 amide bonds. The van der Waals surface area contributed by atoms with E-state index in [1.165, 1.54) is 5.56 Å². The van der Waals surface area contributed by atoms with E-state index in [1.807, 2.05) is 22.8 Å². The number of guanidine groups is 1. The smallest absolute Gasteiger partial charge is 0.345 e. The largest absolute Gasteiger partial charge is 0.376 e. The van der Waals surface area contributed by atoms with Gasteiger partial charge in [0.25, 0.3) is 0 Å². The molecule has 0 bridgehead atoms. The summed E-state index contributed by atoms with van der Waals surface area (Å²) in [5.74, 6) is 2.06. The van der Waals surface area contributed by atoms with E-state index in [4.69, 9.17) is 4.74 Å². The fourth-order valence-electron chi connectivity index (χ4n) is 3.53. The minimum atomic E-state index is 0.0246. The van der Waals surface area contributed by atoms with Crippen molar-refractivity contribution in [3.63, 3.8) is 0 Å². The van der Waals surface area contributed by atoms with Crippen molar-refractivity contribution in [1.82, 2.24) is 25.0 Å². The topological polar surface area (TPSA) is 85.5 Å². The van der Waals surface area contributed by atoms with Crippen LogP contribution < -0.4 is 16.3 Å². The molecule has 1 atom stereocenters. The third-order valence-corrected chi connectivity index (χ3v) is 5.23. The molecule has 1 unspecified atom stereocenters. The van der Waals surface area contributed by atoms with E-state index in [-0.39, 0.29) is 5.69 Å². The van der Waals surface area contributed by atoms with E-state index >= 15 is 0 Å². The van der Waals surface area contributed by atoms with Gasteiger partial charge < -0.3 is 15.4 Å². The Balaban J connectivity index is 1.31.